The summed E-state index contributed by atoms with van der Waals surface area (Å²) in [7, 11) is 0. The molecule has 1 fully saturated rings. The maximum atomic E-state index is 5.60. The minimum atomic E-state index is 0.661. The van der Waals surface area contributed by atoms with E-state index < -0.39 is 0 Å². The summed E-state index contributed by atoms with van der Waals surface area (Å²) >= 11 is 2.10. The number of ether oxygens (including phenoxy) is 1. The van der Waals surface area contributed by atoms with Gasteiger partial charge in [0, 0.05) is 17.9 Å². The van der Waals surface area contributed by atoms with Crippen molar-refractivity contribution in [1.82, 2.24) is 5.32 Å². The van der Waals surface area contributed by atoms with Gasteiger partial charge >= 0.3 is 0 Å². The van der Waals surface area contributed by atoms with Gasteiger partial charge in [-0.2, -0.15) is 11.8 Å². The highest BCUT2D eigenvalue weighted by atomic mass is 32.2. The van der Waals surface area contributed by atoms with E-state index in [9.17, 15) is 0 Å². The van der Waals surface area contributed by atoms with Crippen LogP contribution in [0.1, 0.15) is 40.0 Å². The molecule has 1 rings (SSSR count). The Morgan fingerprint density at radius 1 is 1.44 bits per heavy atom. The lowest BCUT2D eigenvalue weighted by Crippen LogP contribution is -2.45. The Balaban J connectivity index is 2.28. The fourth-order valence-corrected chi connectivity index (χ4v) is 3.31. The van der Waals surface area contributed by atoms with E-state index in [0.29, 0.717) is 11.3 Å². The summed E-state index contributed by atoms with van der Waals surface area (Å²) < 4.78 is 5.60. The second-order valence-corrected chi connectivity index (χ2v) is 6.08. The van der Waals surface area contributed by atoms with Gasteiger partial charge in [0.05, 0.1) is 6.61 Å². The summed E-state index contributed by atoms with van der Waals surface area (Å²) in [5.41, 5.74) is 0. The van der Waals surface area contributed by atoms with Crippen molar-refractivity contribution in [3.63, 3.8) is 0 Å². The minimum absolute atomic E-state index is 0.661. The molecule has 1 heterocycles. The number of thioether (sulfide) groups is 1. The van der Waals surface area contributed by atoms with Crippen LogP contribution in [0.2, 0.25) is 0 Å². The van der Waals surface area contributed by atoms with E-state index in [4.69, 9.17) is 4.74 Å². The molecule has 0 amide bonds. The van der Waals surface area contributed by atoms with Gasteiger partial charge in [-0.25, -0.2) is 0 Å². The lowest BCUT2D eigenvalue weighted by molar-refractivity contribution is 0.0833. The Morgan fingerprint density at radius 3 is 2.94 bits per heavy atom. The van der Waals surface area contributed by atoms with E-state index in [1.807, 2.05) is 0 Å². The third-order valence-corrected chi connectivity index (χ3v) is 4.91. The van der Waals surface area contributed by atoms with E-state index >= 15 is 0 Å². The van der Waals surface area contributed by atoms with Crippen molar-refractivity contribution in [2.45, 2.75) is 51.3 Å². The summed E-state index contributed by atoms with van der Waals surface area (Å²) in [4.78, 5) is 0. The van der Waals surface area contributed by atoms with Crippen molar-refractivity contribution < 1.29 is 4.74 Å². The lowest BCUT2D eigenvalue weighted by Gasteiger charge is -2.32. The molecule has 1 aliphatic heterocycles. The van der Waals surface area contributed by atoms with Crippen LogP contribution in [0.4, 0.5) is 0 Å². The standard InChI is InChI=1S/C13H27NOS/c1-4-7-14-12-6-8-15-9-13(12)16-10-11(3)5-2/h11-14H,4-10H2,1-3H3. The average molecular weight is 245 g/mol. The van der Waals surface area contributed by atoms with E-state index in [0.717, 1.165) is 25.7 Å². The highest BCUT2D eigenvalue weighted by Gasteiger charge is 2.25. The van der Waals surface area contributed by atoms with Crippen LogP contribution in [0.3, 0.4) is 0 Å². The SMILES string of the molecule is CCCNC1CCOCC1SCC(C)CC. The van der Waals surface area contributed by atoms with Crippen molar-refractivity contribution in [2.75, 3.05) is 25.5 Å². The van der Waals surface area contributed by atoms with Crippen LogP contribution in [-0.4, -0.2) is 36.8 Å². The van der Waals surface area contributed by atoms with Gasteiger partial charge in [0.25, 0.3) is 0 Å². The number of nitrogens with one attached hydrogen (secondary N) is 1. The normalized spacial score (nSPS) is 27.9. The molecule has 0 spiro atoms. The van der Waals surface area contributed by atoms with Crippen molar-refractivity contribution in [3.8, 4) is 0 Å². The Hall–Kier alpha value is 0.270. The topological polar surface area (TPSA) is 21.3 Å². The van der Waals surface area contributed by atoms with Crippen LogP contribution in [0.5, 0.6) is 0 Å². The van der Waals surface area contributed by atoms with E-state index in [1.54, 1.807) is 0 Å². The zero-order valence-corrected chi connectivity index (χ0v) is 11.8. The molecule has 3 unspecified atom stereocenters. The lowest BCUT2D eigenvalue weighted by atomic mass is 10.1. The van der Waals surface area contributed by atoms with Crippen LogP contribution < -0.4 is 5.32 Å². The summed E-state index contributed by atoms with van der Waals surface area (Å²) in [5, 5.41) is 4.32. The molecule has 0 aromatic carbocycles. The monoisotopic (exact) mass is 245 g/mol. The van der Waals surface area contributed by atoms with Gasteiger partial charge in [0.15, 0.2) is 0 Å². The summed E-state index contributed by atoms with van der Waals surface area (Å²) in [6.07, 6.45) is 3.69. The zero-order valence-electron chi connectivity index (χ0n) is 11.0. The Labute approximate surface area is 105 Å². The molecular weight excluding hydrogens is 218 g/mol. The van der Waals surface area contributed by atoms with E-state index in [-0.39, 0.29) is 0 Å². The maximum Gasteiger partial charge on any atom is 0.0600 e. The molecule has 3 heteroatoms. The van der Waals surface area contributed by atoms with Gasteiger partial charge in [0.2, 0.25) is 0 Å². The largest absolute Gasteiger partial charge is 0.380 e. The zero-order chi connectivity index (χ0) is 11.8. The third-order valence-electron chi connectivity index (χ3n) is 3.25. The molecule has 0 bridgehead atoms. The average Bonchev–Trinajstić information content (AvgIpc) is 2.34. The van der Waals surface area contributed by atoms with Gasteiger partial charge in [-0.3, -0.25) is 0 Å². The first-order chi connectivity index (χ1) is 7.77. The first-order valence-electron chi connectivity index (χ1n) is 6.70. The van der Waals surface area contributed by atoms with Crippen molar-refractivity contribution in [1.29, 1.82) is 0 Å². The first-order valence-corrected chi connectivity index (χ1v) is 7.75. The van der Waals surface area contributed by atoms with Crippen LogP contribution in [-0.2, 0) is 4.74 Å². The fourth-order valence-electron chi connectivity index (χ4n) is 1.85. The Bertz CT molecular complexity index is 177. The van der Waals surface area contributed by atoms with Crippen LogP contribution >= 0.6 is 11.8 Å². The molecule has 3 atom stereocenters. The molecule has 16 heavy (non-hydrogen) atoms. The predicted molar refractivity (Wildman–Crippen MR) is 73.2 cm³/mol. The van der Waals surface area contributed by atoms with Crippen molar-refractivity contribution in [2.24, 2.45) is 5.92 Å². The molecule has 1 aliphatic rings. The second-order valence-electron chi connectivity index (χ2n) is 4.81. The van der Waals surface area contributed by atoms with Gasteiger partial charge in [-0.15, -0.1) is 0 Å². The van der Waals surface area contributed by atoms with Gasteiger partial charge in [-0.05, 0) is 31.1 Å². The molecule has 0 aromatic heterocycles. The molecule has 96 valence electrons. The fraction of sp³-hybridized carbons (Fsp3) is 1.00. The molecule has 0 aromatic rings. The van der Waals surface area contributed by atoms with Crippen LogP contribution in [0, 0.1) is 5.92 Å². The third kappa shape index (κ3) is 5.07. The highest BCUT2D eigenvalue weighted by molar-refractivity contribution is 8.00. The summed E-state index contributed by atoms with van der Waals surface area (Å²) in [5.74, 6) is 2.10. The number of rotatable bonds is 7. The van der Waals surface area contributed by atoms with Gasteiger partial charge in [-0.1, -0.05) is 27.2 Å². The Kier molecular flexibility index (Phi) is 7.50. The van der Waals surface area contributed by atoms with Crippen molar-refractivity contribution in [3.05, 3.63) is 0 Å². The maximum absolute atomic E-state index is 5.60. The van der Waals surface area contributed by atoms with Crippen LogP contribution in [0.25, 0.3) is 0 Å². The second kappa shape index (κ2) is 8.37. The Morgan fingerprint density at radius 2 is 2.25 bits per heavy atom. The summed E-state index contributed by atoms with van der Waals surface area (Å²) in [6, 6.07) is 0.669. The smallest absolute Gasteiger partial charge is 0.0600 e. The van der Waals surface area contributed by atoms with Gasteiger partial charge in [0.1, 0.15) is 0 Å². The predicted octanol–water partition coefficient (Wildman–Crippen LogP) is 2.92. The van der Waals surface area contributed by atoms with E-state index in [1.165, 1.54) is 25.0 Å². The molecule has 0 aliphatic carbocycles. The number of hydrogen-bond donors (Lipinski definition) is 1. The first kappa shape index (κ1) is 14.3. The summed E-state index contributed by atoms with van der Waals surface area (Å²) in [6.45, 7) is 9.85. The van der Waals surface area contributed by atoms with E-state index in [2.05, 4.69) is 37.8 Å². The van der Waals surface area contributed by atoms with Gasteiger partial charge < -0.3 is 10.1 Å². The minimum Gasteiger partial charge on any atom is -0.380 e. The molecule has 2 nitrogen and oxygen atoms in total. The molecule has 1 N–H and O–H groups in total. The molecular formula is C13H27NOS. The van der Waals surface area contributed by atoms with Crippen molar-refractivity contribution >= 4 is 11.8 Å². The number of hydrogen-bond acceptors (Lipinski definition) is 3. The molecule has 0 saturated carbocycles. The molecule has 1 saturated heterocycles. The van der Waals surface area contributed by atoms with Crippen LogP contribution in [0.15, 0.2) is 0 Å². The molecule has 0 radical (unpaired) electrons. The highest BCUT2D eigenvalue weighted by Crippen LogP contribution is 2.24. The quantitative estimate of drug-likeness (QED) is 0.745.